The molecule has 0 atom stereocenters. The molecule has 0 rings (SSSR count). The maximum atomic E-state index is 9.43. The van der Waals surface area contributed by atoms with Crippen LogP contribution >= 0.6 is 0 Å². The summed E-state index contributed by atoms with van der Waals surface area (Å²) in [6, 6.07) is 0. The normalized spacial score (nSPS) is 4.25. The van der Waals surface area contributed by atoms with Gasteiger partial charge in [-0.3, -0.25) is 4.79 Å². The molecule has 0 aromatic carbocycles. The van der Waals surface area contributed by atoms with Crippen molar-refractivity contribution in [3.05, 3.63) is 0 Å². The molecule has 0 N–H and O–H groups in total. The average Bonchev–Trinajstić information content (AvgIpc) is 1.38. The van der Waals surface area contributed by atoms with Gasteiger partial charge in [-0.1, -0.05) is 0 Å². The molecule has 5 heteroatoms. The molecule has 0 aliphatic heterocycles. The molecule has 0 heterocycles. The summed E-state index contributed by atoms with van der Waals surface area (Å²) in [6.45, 7) is 0. The number of carbonyl (C=O) groups excluding carboxylic acids is 1. The maximum absolute atomic E-state index is 9.43. The van der Waals surface area contributed by atoms with Gasteiger partial charge in [-0.2, -0.15) is 0 Å². The molecule has 1 amide bonds. The minimum absolute atomic E-state index is 0. The molecular weight excluding hydrogens is 144 g/mol. The number of carbonyl (C=O) groups is 1. The number of hydrogen-bond acceptors (Lipinski definition) is 1. The summed E-state index contributed by atoms with van der Waals surface area (Å²) in [5, 5.41) is 0. The number of nitrogens with zero attached hydrogens (tertiary/aromatic N) is 1. The minimum Gasteiger partial charge on any atom is -2.00 e. The molecule has 0 aliphatic carbocycles. The summed E-state index contributed by atoms with van der Waals surface area (Å²) in [7, 11) is 3.38. The van der Waals surface area contributed by atoms with Crippen LogP contribution < -0.4 is 59.1 Å². The van der Waals surface area contributed by atoms with Crippen molar-refractivity contribution in [1.82, 2.24) is 4.90 Å². The fourth-order valence-electron chi connectivity index (χ4n) is 0. The van der Waals surface area contributed by atoms with Crippen molar-refractivity contribution in [2.24, 2.45) is 0 Å². The van der Waals surface area contributed by atoms with Crippen LogP contribution in [0, 0.1) is 0 Å². The van der Waals surface area contributed by atoms with Gasteiger partial charge in [-0.15, -0.1) is 0 Å². The van der Waals surface area contributed by atoms with E-state index in [4.69, 9.17) is 0 Å². The van der Waals surface area contributed by atoms with Gasteiger partial charge in [0.2, 0.25) is 6.41 Å². The van der Waals surface area contributed by atoms with Gasteiger partial charge in [0.05, 0.1) is 0 Å². The van der Waals surface area contributed by atoms with Crippen LogP contribution in [-0.4, -0.2) is 25.4 Å². The van der Waals surface area contributed by atoms with E-state index in [9.17, 15) is 4.79 Å². The molecule has 8 heavy (non-hydrogen) atoms. The van der Waals surface area contributed by atoms with Crippen LogP contribution in [0.3, 0.4) is 0 Å². The van der Waals surface area contributed by atoms with Crippen LogP contribution in [0.15, 0.2) is 0 Å². The van der Waals surface area contributed by atoms with E-state index >= 15 is 0 Å². The molecule has 0 saturated carbocycles. The molecule has 0 radical (unpaired) electrons. The van der Waals surface area contributed by atoms with Gasteiger partial charge in [0.15, 0.2) is 0 Å². The quantitative estimate of drug-likeness (QED) is 0.270. The van der Waals surface area contributed by atoms with E-state index in [1.54, 1.807) is 14.1 Å². The molecule has 0 bridgehead atoms. The van der Waals surface area contributed by atoms with Crippen molar-refractivity contribution in [1.29, 1.82) is 0 Å². The van der Waals surface area contributed by atoms with Gasteiger partial charge in [0.1, 0.15) is 0 Å². The first kappa shape index (κ1) is 22.6. The van der Waals surface area contributed by atoms with Gasteiger partial charge in [-0.25, -0.2) is 0 Å². The summed E-state index contributed by atoms with van der Waals surface area (Å²) in [6.07, 6.45) is 0.750. The summed E-state index contributed by atoms with van der Waals surface area (Å²) in [5.74, 6) is 0. The van der Waals surface area contributed by atoms with E-state index < -0.39 is 0 Å². The first-order valence-corrected chi connectivity index (χ1v) is 1.39. The zero-order chi connectivity index (χ0) is 4.28. The monoisotopic (exact) mass is 151 g/mol. The molecular formula is C3H7NNa2OS. The van der Waals surface area contributed by atoms with Gasteiger partial charge in [-0.05, 0) is 0 Å². The molecule has 0 saturated heterocycles. The predicted molar refractivity (Wildman–Crippen MR) is 27.1 cm³/mol. The van der Waals surface area contributed by atoms with E-state index in [0.29, 0.717) is 0 Å². The topological polar surface area (TPSA) is 20.3 Å². The zero-order valence-corrected chi connectivity index (χ0v) is 10.7. The Balaban J connectivity index is -0.0000000267. The van der Waals surface area contributed by atoms with Crippen molar-refractivity contribution in [2.45, 2.75) is 0 Å². The Hall–Kier alpha value is 1.82. The number of amides is 1. The summed E-state index contributed by atoms with van der Waals surface area (Å²) < 4.78 is 0. The van der Waals surface area contributed by atoms with E-state index in [-0.39, 0.29) is 72.6 Å². The van der Waals surface area contributed by atoms with Gasteiger partial charge >= 0.3 is 59.1 Å². The first-order valence-electron chi connectivity index (χ1n) is 1.39. The molecule has 0 aromatic rings. The molecule has 0 spiro atoms. The number of rotatable bonds is 1. The maximum Gasteiger partial charge on any atom is 1.00 e. The Bertz CT molecular complexity index is 44.3. The number of hydrogen-bond donors (Lipinski definition) is 0. The van der Waals surface area contributed by atoms with Gasteiger partial charge in [0, 0.05) is 14.1 Å². The summed E-state index contributed by atoms with van der Waals surface area (Å²) >= 11 is 0. The fraction of sp³-hybridized carbons (Fsp3) is 0.667. The van der Waals surface area contributed by atoms with Gasteiger partial charge in [0.25, 0.3) is 0 Å². The molecule has 0 aromatic heterocycles. The minimum atomic E-state index is 0. The summed E-state index contributed by atoms with van der Waals surface area (Å²) in [4.78, 5) is 10.9. The van der Waals surface area contributed by atoms with Crippen LogP contribution in [0.1, 0.15) is 0 Å². The Morgan fingerprint density at radius 1 is 1.25 bits per heavy atom. The van der Waals surface area contributed by atoms with E-state index in [2.05, 4.69) is 0 Å². The van der Waals surface area contributed by atoms with Crippen LogP contribution in [0.5, 0.6) is 0 Å². The average molecular weight is 151 g/mol. The van der Waals surface area contributed by atoms with Crippen molar-refractivity contribution in [3.8, 4) is 0 Å². The molecule has 2 nitrogen and oxygen atoms in total. The van der Waals surface area contributed by atoms with E-state index in [0.717, 1.165) is 6.41 Å². The van der Waals surface area contributed by atoms with Crippen LogP contribution in [0.25, 0.3) is 0 Å². The molecule has 0 unspecified atom stereocenters. The van der Waals surface area contributed by atoms with Crippen molar-refractivity contribution in [3.63, 3.8) is 0 Å². The summed E-state index contributed by atoms with van der Waals surface area (Å²) in [5.41, 5.74) is 0. The Kier molecular flexibility index (Phi) is 44.9. The van der Waals surface area contributed by atoms with Crippen molar-refractivity contribution < 1.29 is 63.9 Å². The van der Waals surface area contributed by atoms with Crippen LogP contribution in [0.4, 0.5) is 0 Å². The Morgan fingerprint density at radius 3 is 1.38 bits per heavy atom. The predicted octanol–water partition coefficient (Wildman–Crippen LogP) is -6.29. The standard InChI is InChI=1S/C3H7NO.2Na.S/c1-4(2)3-5;;;/h3H,1-2H3;;;/q;2*+1;-2. The third kappa shape index (κ3) is 24.9. The van der Waals surface area contributed by atoms with Crippen molar-refractivity contribution in [2.75, 3.05) is 14.1 Å². The molecule has 0 fully saturated rings. The van der Waals surface area contributed by atoms with Crippen LogP contribution in [0.2, 0.25) is 0 Å². The van der Waals surface area contributed by atoms with Gasteiger partial charge < -0.3 is 18.4 Å². The van der Waals surface area contributed by atoms with E-state index in [1.807, 2.05) is 0 Å². The second-order valence-corrected chi connectivity index (χ2v) is 1.07. The van der Waals surface area contributed by atoms with Crippen LogP contribution in [-0.2, 0) is 18.3 Å². The molecule has 0 aliphatic rings. The third-order valence-electron chi connectivity index (χ3n) is 0.211. The fourth-order valence-corrected chi connectivity index (χ4v) is 0. The second kappa shape index (κ2) is 15.9. The molecule has 38 valence electrons. The largest absolute Gasteiger partial charge is 2.00 e. The second-order valence-electron chi connectivity index (χ2n) is 1.07. The van der Waals surface area contributed by atoms with Crippen molar-refractivity contribution >= 4 is 19.9 Å². The first-order chi connectivity index (χ1) is 2.27. The Morgan fingerprint density at radius 2 is 1.38 bits per heavy atom. The zero-order valence-electron chi connectivity index (χ0n) is 5.84. The third-order valence-corrected chi connectivity index (χ3v) is 0.211. The SMILES string of the molecule is CN(C)C=O.[Na+].[Na+].[S-2]. The van der Waals surface area contributed by atoms with E-state index in [1.165, 1.54) is 4.90 Å². The smallest absolute Gasteiger partial charge is 1.00 e. The Labute approximate surface area is 101 Å².